The number of carbonyl (C=O) groups is 2. The van der Waals surface area contributed by atoms with Crippen LogP contribution in [0.5, 0.6) is 0 Å². The van der Waals surface area contributed by atoms with E-state index < -0.39 is 24.3 Å². The quantitative estimate of drug-likeness (QED) is 0.643. The van der Waals surface area contributed by atoms with Gasteiger partial charge in [0.2, 0.25) is 5.82 Å². The number of ether oxygens (including phenoxy) is 1. The van der Waals surface area contributed by atoms with Gasteiger partial charge in [0.25, 0.3) is 5.91 Å². The second-order valence-electron chi connectivity index (χ2n) is 4.95. The predicted octanol–water partition coefficient (Wildman–Crippen LogP) is 2.38. The highest BCUT2D eigenvalue weighted by Gasteiger charge is 2.13. The van der Waals surface area contributed by atoms with Gasteiger partial charge >= 0.3 is 5.97 Å². The van der Waals surface area contributed by atoms with Crippen molar-refractivity contribution < 1.29 is 18.7 Å². The number of thiophene rings is 1. The summed E-state index contributed by atoms with van der Waals surface area (Å²) in [6.07, 6.45) is 0. The third-order valence-corrected chi connectivity index (χ3v) is 4.21. The molecule has 0 bridgehead atoms. The van der Waals surface area contributed by atoms with E-state index in [1.165, 1.54) is 17.4 Å². The monoisotopic (exact) mass is 395 g/mol. The third kappa shape index (κ3) is 4.61. The van der Waals surface area contributed by atoms with Gasteiger partial charge in [-0.15, -0.1) is 21.5 Å². The fourth-order valence-corrected chi connectivity index (χ4v) is 2.76. The van der Waals surface area contributed by atoms with Crippen LogP contribution in [0.1, 0.15) is 0 Å². The lowest BCUT2D eigenvalue weighted by Gasteiger charge is -2.07. The number of tetrazole rings is 1. The first kappa shape index (κ1) is 18.0. The summed E-state index contributed by atoms with van der Waals surface area (Å²) >= 11 is 7.24. The van der Waals surface area contributed by atoms with Crippen LogP contribution in [0.2, 0.25) is 5.02 Å². The van der Waals surface area contributed by atoms with E-state index in [1.807, 2.05) is 17.5 Å². The van der Waals surface area contributed by atoms with Crippen LogP contribution in [-0.4, -0.2) is 38.7 Å². The van der Waals surface area contributed by atoms with Crippen LogP contribution in [0.3, 0.4) is 0 Å². The van der Waals surface area contributed by atoms with Crippen molar-refractivity contribution in [3.63, 3.8) is 0 Å². The molecule has 0 spiro atoms. The lowest BCUT2D eigenvalue weighted by molar-refractivity contribution is -0.148. The first-order valence-corrected chi connectivity index (χ1v) is 8.49. The summed E-state index contributed by atoms with van der Waals surface area (Å²) in [7, 11) is 0. The lowest BCUT2D eigenvalue weighted by Crippen LogP contribution is -2.23. The first-order chi connectivity index (χ1) is 12.5. The van der Waals surface area contributed by atoms with Crippen LogP contribution in [0.15, 0.2) is 35.7 Å². The number of nitrogens with zero attached hydrogens (tertiary/aromatic N) is 4. The summed E-state index contributed by atoms with van der Waals surface area (Å²) in [5, 5.41) is 16.0. The molecule has 8 nitrogen and oxygen atoms in total. The van der Waals surface area contributed by atoms with Gasteiger partial charge < -0.3 is 10.1 Å². The minimum absolute atomic E-state index is 0.0394. The Bertz CT molecular complexity index is 931. The van der Waals surface area contributed by atoms with Crippen molar-refractivity contribution in [3.05, 3.63) is 46.6 Å². The number of hydrogen-bond donors (Lipinski definition) is 1. The average Bonchev–Trinajstić information content (AvgIpc) is 3.27. The maximum Gasteiger partial charge on any atom is 0.330 e. The van der Waals surface area contributed by atoms with E-state index in [0.29, 0.717) is 5.82 Å². The second-order valence-corrected chi connectivity index (χ2v) is 6.31. The van der Waals surface area contributed by atoms with Gasteiger partial charge in [0, 0.05) is 0 Å². The van der Waals surface area contributed by atoms with E-state index in [4.69, 9.17) is 16.3 Å². The number of rotatable bonds is 6. The minimum Gasteiger partial charge on any atom is -0.454 e. The molecule has 0 unspecified atom stereocenters. The number of anilines is 1. The first-order valence-electron chi connectivity index (χ1n) is 7.23. The molecule has 0 aliphatic carbocycles. The molecule has 0 saturated carbocycles. The van der Waals surface area contributed by atoms with Gasteiger partial charge in [0.1, 0.15) is 5.82 Å². The largest absolute Gasteiger partial charge is 0.454 e. The summed E-state index contributed by atoms with van der Waals surface area (Å²) in [4.78, 5) is 25.4. The summed E-state index contributed by atoms with van der Waals surface area (Å²) in [5.41, 5.74) is 0.215. The zero-order chi connectivity index (χ0) is 18.5. The smallest absolute Gasteiger partial charge is 0.330 e. The molecule has 0 radical (unpaired) electrons. The number of nitrogens with one attached hydrogen (secondary N) is 1. The van der Waals surface area contributed by atoms with Gasteiger partial charge in [-0.05, 0) is 34.9 Å². The summed E-state index contributed by atoms with van der Waals surface area (Å²) in [5.74, 6) is -1.45. The summed E-state index contributed by atoms with van der Waals surface area (Å²) in [6.45, 7) is -0.817. The third-order valence-electron chi connectivity index (χ3n) is 3.03. The molecule has 0 aliphatic rings. The van der Waals surface area contributed by atoms with Gasteiger partial charge in [-0.25, -0.2) is 9.18 Å². The Hall–Kier alpha value is -2.85. The molecule has 1 N–H and O–H groups in total. The van der Waals surface area contributed by atoms with Crippen molar-refractivity contribution >= 4 is 40.5 Å². The van der Waals surface area contributed by atoms with Crippen LogP contribution in [0, 0.1) is 5.82 Å². The van der Waals surface area contributed by atoms with Crippen LogP contribution in [0.4, 0.5) is 10.1 Å². The standard InChI is InChI=1S/C15H11ClFN5O3S/c16-10-6-9(17)3-4-11(10)18-13(23)8-25-14(24)7-22-20-15(19-21-22)12-2-1-5-26-12/h1-6H,7-8H2,(H,18,23). The molecule has 0 atom stereocenters. The number of aromatic nitrogens is 4. The van der Waals surface area contributed by atoms with Crippen molar-refractivity contribution in [1.29, 1.82) is 0 Å². The van der Waals surface area contributed by atoms with Gasteiger partial charge in [0.05, 0.1) is 15.6 Å². The average molecular weight is 396 g/mol. The van der Waals surface area contributed by atoms with E-state index >= 15 is 0 Å². The number of benzene rings is 1. The Kier molecular flexibility index (Phi) is 5.54. The molecule has 2 heterocycles. The molecule has 2 aromatic heterocycles. The summed E-state index contributed by atoms with van der Waals surface area (Å²) < 4.78 is 17.8. The summed E-state index contributed by atoms with van der Waals surface area (Å²) in [6, 6.07) is 7.19. The number of carbonyl (C=O) groups excluding carboxylic acids is 2. The molecular formula is C15H11ClFN5O3S. The Morgan fingerprint density at radius 1 is 1.35 bits per heavy atom. The number of hydrogen-bond acceptors (Lipinski definition) is 7. The van der Waals surface area contributed by atoms with E-state index in [2.05, 4.69) is 20.7 Å². The molecular weight excluding hydrogens is 385 g/mol. The SMILES string of the molecule is O=C(COC(=O)Cn1nnc(-c2cccs2)n1)Nc1ccc(F)cc1Cl. The molecule has 0 fully saturated rings. The van der Waals surface area contributed by atoms with Crippen molar-refractivity contribution in [3.8, 4) is 10.7 Å². The van der Waals surface area contributed by atoms with Crippen molar-refractivity contribution in [1.82, 2.24) is 20.2 Å². The molecule has 26 heavy (non-hydrogen) atoms. The molecule has 3 rings (SSSR count). The normalized spacial score (nSPS) is 10.5. The molecule has 0 aliphatic heterocycles. The zero-order valence-corrected chi connectivity index (χ0v) is 14.6. The lowest BCUT2D eigenvalue weighted by atomic mass is 10.3. The fourth-order valence-electron chi connectivity index (χ4n) is 1.90. The Morgan fingerprint density at radius 2 is 2.19 bits per heavy atom. The highest BCUT2D eigenvalue weighted by atomic mass is 35.5. The fraction of sp³-hybridized carbons (Fsp3) is 0.133. The molecule has 134 valence electrons. The van der Waals surface area contributed by atoms with Crippen LogP contribution in [-0.2, 0) is 20.9 Å². The Morgan fingerprint density at radius 3 is 2.92 bits per heavy atom. The van der Waals surface area contributed by atoms with Crippen molar-refractivity contribution in [2.24, 2.45) is 0 Å². The molecule has 1 aromatic carbocycles. The van der Waals surface area contributed by atoms with Crippen LogP contribution >= 0.6 is 22.9 Å². The van der Waals surface area contributed by atoms with Gasteiger partial charge in [-0.3, -0.25) is 4.79 Å². The molecule has 0 saturated heterocycles. The number of amides is 1. The Labute approximate surface area is 155 Å². The van der Waals surface area contributed by atoms with Crippen LogP contribution in [0.25, 0.3) is 10.7 Å². The van der Waals surface area contributed by atoms with Crippen molar-refractivity contribution in [2.45, 2.75) is 6.54 Å². The molecule has 1 amide bonds. The van der Waals surface area contributed by atoms with Gasteiger partial charge in [-0.1, -0.05) is 17.7 Å². The predicted molar refractivity (Wildman–Crippen MR) is 92.1 cm³/mol. The van der Waals surface area contributed by atoms with Gasteiger partial charge in [0.15, 0.2) is 13.2 Å². The minimum atomic E-state index is -0.708. The maximum absolute atomic E-state index is 13.0. The Balaban J connectivity index is 1.48. The van der Waals surface area contributed by atoms with E-state index in [-0.39, 0.29) is 17.3 Å². The van der Waals surface area contributed by atoms with Crippen molar-refractivity contribution in [2.75, 3.05) is 11.9 Å². The van der Waals surface area contributed by atoms with Crippen LogP contribution < -0.4 is 5.32 Å². The maximum atomic E-state index is 13.0. The second kappa shape index (κ2) is 8.02. The number of esters is 1. The van der Waals surface area contributed by atoms with E-state index in [1.54, 1.807) is 0 Å². The number of halogens is 2. The topological polar surface area (TPSA) is 99.0 Å². The van der Waals surface area contributed by atoms with E-state index in [9.17, 15) is 14.0 Å². The van der Waals surface area contributed by atoms with Gasteiger partial charge in [-0.2, -0.15) is 4.80 Å². The highest BCUT2D eigenvalue weighted by molar-refractivity contribution is 7.13. The zero-order valence-electron chi connectivity index (χ0n) is 13.1. The highest BCUT2D eigenvalue weighted by Crippen LogP contribution is 2.22. The van der Waals surface area contributed by atoms with E-state index in [0.717, 1.165) is 21.8 Å². The molecule has 3 aromatic rings. The molecule has 11 heteroatoms.